The zero-order valence-electron chi connectivity index (χ0n) is 13.9. The van der Waals surface area contributed by atoms with Crippen LogP contribution in [-0.2, 0) is 29.4 Å². The molecule has 140 valence electrons. The van der Waals surface area contributed by atoms with E-state index in [1.165, 1.54) is 38.2 Å². The first-order valence-electron chi connectivity index (χ1n) is 7.34. The molecule has 0 fully saturated rings. The van der Waals surface area contributed by atoms with E-state index in [1.807, 2.05) is 0 Å². The van der Waals surface area contributed by atoms with Crippen molar-refractivity contribution < 1.29 is 26.4 Å². The fourth-order valence-electron chi connectivity index (χ4n) is 1.81. The van der Waals surface area contributed by atoms with E-state index in [-0.39, 0.29) is 29.5 Å². The third-order valence-corrected chi connectivity index (χ3v) is 6.23. The van der Waals surface area contributed by atoms with Gasteiger partial charge in [-0.3, -0.25) is 9.59 Å². The van der Waals surface area contributed by atoms with E-state index < -0.39 is 31.5 Å². The average Bonchev–Trinajstić information content (AvgIpc) is 2.53. The minimum absolute atomic E-state index is 0.0344. The molecule has 0 aliphatic rings. The van der Waals surface area contributed by atoms with Gasteiger partial charge in [-0.25, -0.2) is 21.6 Å². The molecule has 0 radical (unpaired) electrons. The first-order chi connectivity index (χ1) is 11.6. The van der Waals surface area contributed by atoms with Gasteiger partial charge in [-0.05, 0) is 31.3 Å². The highest BCUT2D eigenvalue weighted by Crippen LogP contribution is 2.16. The second-order valence-electron chi connectivity index (χ2n) is 5.15. The number of sulfone groups is 1. The predicted molar refractivity (Wildman–Crippen MR) is 93.3 cm³/mol. The van der Waals surface area contributed by atoms with Crippen LogP contribution in [0.25, 0.3) is 0 Å². The average molecular weight is 391 g/mol. The van der Waals surface area contributed by atoms with Crippen molar-refractivity contribution in [3.8, 4) is 0 Å². The van der Waals surface area contributed by atoms with E-state index in [0.717, 1.165) is 0 Å². The zero-order chi connectivity index (χ0) is 19.1. The topological polar surface area (TPSA) is 139 Å². The van der Waals surface area contributed by atoms with Crippen LogP contribution in [0.1, 0.15) is 13.3 Å². The molecule has 9 nitrogen and oxygen atoms in total. The first kappa shape index (κ1) is 21.1. The van der Waals surface area contributed by atoms with Crippen LogP contribution in [0.15, 0.2) is 29.2 Å². The van der Waals surface area contributed by atoms with Gasteiger partial charge in [0.05, 0.1) is 16.4 Å². The maximum Gasteiger partial charge on any atom is 0.221 e. The van der Waals surface area contributed by atoms with Crippen molar-refractivity contribution in [3.63, 3.8) is 0 Å². The Morgan fingerprint density at radius 2 is 1.60 bits per heavy atom. The number of amides is 2. The Balaban J connectivity index is 2.55. The van der Waals surface area contributed by atoms with Gasteiger partial charge in [0, 0.05) is 25.6 Å². The van der Waals surface area contributed by atoms with Gasteiger partial charge in [0.15, 0.2) is 9.84 Å². The number of sulfonamides is 1. The number of nitrogens with one attached hydrogen (secondary N) is 3. The highest BCUT2D eigenvalue weighted by molar-refractivity contribution is 7.91. The number of hydrogen-bond donors (Lipinski definition) is 3. The van der Waals surface area contributed by atoms with Gasteiger partial charge in [-0.2, -0.15) is 0 Å². The standard InChI is InChI=1S/C14H21N3O6S2/c1-11(18)17-12-3-5-13(6-4-12)24(20,21)9-7-14(19)16-8-10-25(22,23)15-2/h3-6,15H,7-10H2,1-2H3,(H,16,19)(H,17,18). The summed E-state index contributed by atoms with van der Waals surface area (Å²) in [4.78, 5) is 22.6. The third kappa shape index (κ3) is 7.63. The molecule has 25 heavy (non-hydrogen) atoms. The van der Waals surface area contributed by atoms with Crippen molar-refractivity contribution in [1.29, 1.82) is 0 Å². The van der Waals surface area contributed by atoms with Crippen LogP contribution in [0.2, 0.25) is 0 Å². The van der Waals surface area contributed by atoms with Crippen molar-refractivity contribution >= 4 is 37.4 Å². The Kier molecular flexibility index (Phi) is 7.52. The summed E-state index contributed by atoms with van der Waals surface area (Å²) in [5.74, 6) is -1.51. The monoisotopic (exact) mass is 391 g/mol. The molecule has 0 aliphatic carbocycles. The largest absolute Gasteiger partial charge is 0.355 e. The molecule has 0 saturated carbocycles. The number of carbonyl (C=O) groups is 2. The second kappa shape index (κ2) is 8.92. The van der Waals surface area contributed by atoms with Gasteiger partial charge in [0.2, 0.25) is 21.8 Å². The Morgan fingerprint density at radius 3 is 2.12 bits per heavy atom. The maximum absolute atomic E-state index is 12.2. The normalized spacial score (nSPS) is 11.8. The lowest BCUT2D eigenvalue weighted by Gasteiger charge is -2.08. The fraction of sp³-hybridized carbons (Fsp3) is 0.429. The Labute approximate surface area is 147 Å². The van der Waals surface area contributed by atoms with Crippen molar-refractivity contribution in [1.82, 2.24) is 10.0 Å². The summed E-state index contributed by atoms with van der Waals surface area (Å²) in [6.07, 6.45) is -0.282. The van der Waals surface area contributed by atoms with E-state index in [9.17, 15) is 26.4 Å². The molecule has 0 aliphatic heterocycles. The van der Waals surface area contributed by atoms with Gasteiger partial charge < -0.3 is 10.6 Å². The van der Waals surface area contributed by atoms with E-state index in [2.05, 4.69) is 15.4 Å². The molecular formula is C14H21N3O6S2. The van der Waals surface area contributed by atoms with Crippen LogP contribution in [0.4, 0.5) is 5.69 Å². The quantitative estimate of drug-likeness (QED) is 0.517. The number of anilines is 1. The molecular weight excluding hydrogens is 370 g/mol. The molecule has 3 N–H and O–H groups in total. The maximum atomic E-state index is 12.2. The summed E-state index contributed by atoms with van der Waals surface area (Å²) in [7, 11) is -5.83. The summed E-state index contributed by atoms with van der Waals surface area (Å²) >= 11 is 0. The number of rotatable bonds is 9. The van der Waals surface area contributed by atoms with Gasteiger partial charge in [0.25, 0.3) is 0 Å². The summed E-state index contributed by atoms with van der Waals surface area (Å²) in [5.41, 5.74) is 0.468. The van der Waals surface area contributed by atoms with Crippen LogP contribution >= 0.6 is 0 Å². The molecule has 0 saturated heterocycles. The van der Waals surface area contributed by atoms with Crippen LogP contribution < -0.4 is 15.4 Å². The molecule has 0 bridgehead atoms. The number of hydrogen-bond acceptors (Lipinski definition) is 6. The second-order valence-corrected chi connectivity index (χ2v) is 9.30. The first-order valence-corrected chi connectivity index (χ1v) is 10.6. The molecule has 2 amide bonds. The van der Waals surface area contributed by atoms with E-state index in [4.69, 9.17) is 0 Å². The van der Waals surface area contributed by atoms with E-state index in [1.54, 1.807) is 0 Å². The highest BCUT2D eigenvalue weighted by atomic mass is 32.2. The molecule has 0 aromatic heterocycles. The van der Waals surface area contributed by atoms with Gasteiger partial charge in [-0.15, -0.1) is 0 Å². The van der Waals surface area contributed by atoms with Gasteiger partial charge in [-0.1, -0.05) is 0 Å². The van der Waals surface area contributed by atoms with E-state index in [0.29, 0.717) is 5.69 Å². The van der Waals surface area contributed by atoms with Gasteiger partial charge >= 0.3 is 0 Å². The molecule has 1 aromatic rings. The lowest BCUT2D eigenvalue weighted by Crippen LogP contribution is -2.33. The Bertz CT molecular complexity index is 817. The van der Waals surface area contributed by atoms with Crippen molar-refractivity contribution in [2.45, 2.75) is 18.2 Å². The van der Waals surface area contributed by atoms with Crippen molar-refractivity contribution in [2.75, 3.05) is 30.4 Å². The summed E-state index contributed by atoms with van der Waals surface area (Å²) < 4.78 is 48.8. The summed E-state index contributed by atoms with van der Waals surface area (Å²) in [6, 6.07) is 5.60. The summed E-state index contributed by atoms with van der Waals surface area (Å²) in [6.45, 7) is 1.23. The zero-order valence-corrected chi connectivity index (χ0v) is 15.5. The Hall–Kier alpha value is -1.98. The Morgan fingerprint density at radius 1 is 1.00 bits per heavy atom. The lowest BCUT2D eigenvalue weighted by atomic mass is 10.3. The molecule has 1 rings (SSSR count). The lowest BCUT2D eigenvalue weighted by molar-refractivity contribution is -0.120. The molecule has 11 heteroatoms. The van der Waals surface area contributed by atoms with Crippen LogP contribution in [0, 0.1) is 0 Å². The van der Waals surface area contributed by atoms with Gasteiger partial charge in [0.1, 0.15) is 0 Å². The van der Waals surface area contributed by atoms with Crippen molar-refractivity contribution in [2.24, 2.45) is 0 Å². The fourth-order valence-corrected chi connectivity index (χ4v) is 3.62. The van der Waals surface area contributed by atoms with Crippen LogP contribution in [-0.4, -0.2) is 53.7 Å². The number of carbonyl (C=O) groups excluding carboxylic acids is 2. The van der Waals surface area contributed by atoms with E-state index >= 15 is 0 Å². The SMILES string of the molecule is CNS(=O)(=O)CCNC(=O)CCS(=O)(=O)c1ccc(NC(C)=O)cc1. The van der Waals surface area contributed by atoms with Crippen molar-refractivity contribution in [3.05, 3.63) is 24.3 Å². The smallest absolute Gasteiger partial charge is 0.221 e. The minimum Gasteiger partial charge on any atom is -0.355 e. The molecule has 1 aromatic carbocycles. The highest BCUT2D eigenvalue weighted by Gasteiger charge is 2.17. The summed E-state index contributed by atoms with van der Waals surface area (Å²) in [5, 5.41) is 4.88. The van der Waals surface area contributed by atoms with Crippen LogP contribution in [0.5, 0.6) is 0 Å². The third-order valence-electron chi connectivity index (χ3n) is 3.14. The molecule has 0 heterocycles. The molecule has 0 atom stereocenters. The number of benzene rings is 1. The molecule has 0 spiro atoms. The predicted octanol–water partition coefficient (Wildman–Crippen LogP) is -0.526. The minimum atomic E-state index is -3.66. The molecule has 0 unspecified atom stereocenters. The van der Waals surface area contributed by atoms with Crippen LogP contribution in [0.3, 0.4) is 0 Å².